The zero-order chi connectivity index (χ0) is 14.6. The summed E-state index contributed by atoms with van der Waals surface area (Å²) >= 11 is 0. The van der Waals surface area contributed by atoms with Gasteiger partial charge in [0.15, 0.2) is 0 Å². The second-order valence-electron chi connectivity index (χ2n) is 3.99. The number of rotatable bonds is 7. The Labute approximate surface area is 111 Å². The van der Waals surface area contributed by atoms with Crippen LogP contribution in [0.4, 0.5) is 0 Å². The number of nitrogens with one attached hydrogen (secondary N) is 1. The molecule has 0 aromatic carbocycles. The Bertz CT molecular complexity index is 552. The summed E-state index contributed by atoms with van der Waals surface area (Å²) in [5.41, 5.74) is 5.19. The average Bonchev–Trinajstić information content (AvgIpc) is 2.71. The van der Waals surface area contributed by atoms with E-state index in [4.69, 9.17) is 15.6 Å². The number of carbonyl (C=O) groups is 1. The van der Waals surface area contributed by atoms with E-state index in [9.17, 15) is 13.2 Å². The molecule has 0 aliphatic carbocycles. The molecule has 108 valence electrons. The van der Waals surface area contributed by atoms with Crippen LogP contribution in [0.15, 0.2) is 17.2 Å². The normalized spacial score (nSPS) is 13.4. The van der Waals surface area contributed by atoms with Gasteiger partial charge in [-0.2, -0.15) is 0 Å². The summed E-state index contributed by atoms with van der Waals surface area (Å²) in [5.74, 6) is -0.723. The topological polar surface area (TPSA) is 124 Å². The van der Waals surface area contributed by atoms with Gasteiger partial charge in [0.1, 0.15) is 10.6 Å². The van der Waals surface area contributed by atoms with Gasteiger partial charge >= 0.3 is 0 Å². The number of sulfonamides is 1. The highest BCUT2D eigenvalue weighted by atomic mass is 32.2. The Morgan fingerprint density at radius 1 is 1.63 bits per heavy atom. The number of carbonyl (C=O) groups excluding carboxylic acids is 1. The van der Waals surface area contributed by atoms with E-state index >= 15 is 0 Å². The lowest BCUT2D eigenvalue weighted by Gasteiger charge is -2.14. The predicted octanol–water partition coefficient (Wildman–Crippen LogP) is -1.59. The van der Waals surface area contributed by atoms with Gasteiger partial charge in [-0.05, 0) is 6.07 Å². The molecule has 0 bridgehead atoms. The van der Waals surface area contributed by atoms with Crippen molar-refractivity contribution in [2.24, 2.45) is 12.8 Å². The molecule has 1 amide bonds. The van der Waals surface area contributed by atoms with Gasteiger partial charge in [-0.15, -0.1) is 0 Å². The average molecular weight is 291 g/mol. The smallest absolute Gasteiger partial charge is 0.265 e. The molecule has 0 fully saturated rings. The molecule has 0 saturated heterocycles. The fraction of sp³-hybridized carbons (Fsp3) is 0.500. The fourth-order valence-electron chi connectivity index (χ4n) is 1.54. The van der Waals surface area contributed by atoms with E-state index in [2.05, 4.69) is 4.72 Å². The molecule has 1 aromatic rings. The Morgan fingerprint density at radius 2 is 2.26 bits per heavy atom. The molecule has 9 heteroatoms. The minimum Gasteiger partial charge on any atom is -0.395 e. The van der Waals surface area contributed by atoms with Crippen LogP contribution in [0.25, 0.3) is 0 Å². The van der Waals surface area contributed by atoms with Crippen molar-refractivity contribution < 1.29 is 23.1 Å². The van der Waals surface area contributed by atoms with E-state index in [-0.39, 0.29) is 17.2 Å². The molecule has 0 saturated carbocycles. The van der Waals surface area contributed by atoms with Gasteiger partial charge in [0, 0.05) is 20.4 Å². The van der Waals surface area contributed by atoms with Crippen LogP contribution in [0.2, 0.25) is 0 Å². The van der Waals surface area contributed by atoms with Crippen molar-refractivity contribution in [3.8, 4) is 0 Å². The van der Waals surface area contributed by atoms with E-state index < -0.39 is 28.6 Å². The number of amides is 1. The van der Waals surface area contributed by atoms with Crippen LogP contribution in [0, 0.1) is 0 Å². The highest BCUT2D eigenvalue weighted by molar-refractivity contribution is 7.89. The number of methoxy groups -OCH3 is 1. The van der Waals surface area contributed by atoms with Crippen molar-refractivity contribution in [1.29, 1.82) is 0 Å². The quantitative estimate of drug-likeness (QED) is 0.559. The van der Waals surface area contributed by atoms with Gasteiger partial charge in [-0.25, -0.2) is 13.1 Å². The molecule has 19 heavy (non-hydrogen) atoms. The Kier molecular flexibility index (Phi) is 5.06. The Balaban J connectivity index is 3.00. The number of ether oxygens (including phenoxy) is 1. The Hall–Kier alpha value is -1.42. The summed E-state index contributed by atoms with van der Waals surface area (Å²) in [6.45, 7) is -0.367. The third kappa shape index (κ3) is 3.77. The van der Waals surface area contributed by atoms with Crippen LogP contribution in [0.1, 0.15) is 10.5 Å². The van der Waals surface area contributed by atoms with Crippen LogP contribution < -0.4 is 10.5 Å². The fourth-order valence-corrected chi connectivity index (χ4v) is 2.82. The molecular weight excluding hydrogens is 274 g/mol. The second-order valence-corrected chi connectivity index (χ2v) is 5.71. The van der Waals surface area contributed by atoms with Crippen LogP contribution in [-0.4, -0.2) is 50.4 Å². The zero-order valence-corrected chi connectivity index (χ0v) is 11.5. The van der Waals surface area contributed by atoms with Crippen molar-refractivity contribution in [2.45, 2.75) is 10.9 Å². The highest BCUT2D eigenvalue weighted by Crippen LogP contribution is 2.13. The number of aryl methyl sites for hydroxylation is 1. The highest BCUT2D eigenvalue weighted by Gasteiger charge is 2.22. The SMILES string of the molecule is COCC(CO)NS(=O)(=O)c1cc(C(N)=O)n(C)c1. The summed E-state index contributed by atoms with van der Waals surface area (Å²) in [4.78, 5) is 11.0. The first-order valence-corrected chi connectivity index (χ1v) is 6.88. The molecule has 0 spiro atoms. The summed E-state index contributed by atoms with van der Waals surface area (Å²) in [7, 11) is -0.942. The third-order valence-corrected chi connectivity index (χ3v) is 3.94. The van der Waals surface area contributed by atoms with Crippen molar-refractivity contribution in [1.82, 2.24) is 9.29 Å². The Morgan fingerprint density at radius 3 is 2.68 bits per heavy atom. The monoisotopic (exact) mass is 291 g/mol. The molecule has 1 heterocycles. The molecular formula is C10H17N3O5S. The van der Waals surface area contributed by atoms with Gasteiger partial charge in [-0.1, -0.05) is 0 Å². The van der Waals surface area contributed by atoms with Crippen molar-refractivity contribution in [3.05, 3.63) is 18.0 Å². The molecule has 1 unspecified atom stereocenters. The molecule has 0 radical (unpaired) electrons. The molecule has 1 atom stereocenters. The maximum absolute atomic E-state index is 12.0. The lowest BCUT2D eigenvalue weighted by Crippen LogP contribution is -2.40. The van der Waals surface area contributed by atoms with Crippen LogP contribution >= 0.6 is 0 Å². The first-order chi connectivity index (χ1) is 8.81. The van der Waals surface area contributed by atoms with Gasteiger partial charge in [-0.3, -0.25) is 4.79 Å². The first kappa shape index (κ1) is 15.6. The summed E-state index contributed by atoms with van der Waals surface area (Å²) < 4.78 is 32.4. The number of hydrogen-bond acceptors (Lipinski definition) is 5. The molecule has 0 aliphatic heterocycles. The summed E-state index contributed by atoms with van der Waals surface area (Å²) in [6, 6.07) is 0.415. The summed E-state index contributed by atoms with van der Waals surface area (Å²) in [6.07, 6.45) is 1.27. The van der Waals surface area contributed by atoms with E-state index in [0.29, 0.717) is 0 Å². The standard InChI is InChI=1S/C10H17N3O5S/c1-13-4-8(3-9(13)10(11)15)19(16,17)12-7(5-14)6-18-2/h3-4,7,12,14H,5-6H2,1-2H3,(H2,11,15). The minimum absolute atomic E-state index is 0.0330. The van der Waals surface area contributed by atoms with Crippen molar-refractivity contribution in [3.63, 3.8) is 0 Å². The van der Waals surface area contributed by atoms with E-state index in [0.717, 1.165) is 0 Å². The third-order valence-electron chi connectivity index (χ3n) is 2.45. The predicted molar refractivity (Wildman–Crippen MR) is 67.0 cm³/mol. The molecule has 8 nitrogen and oxygen atoms in total. The number of nitrogens with zero attached hydrogens (tertiary/aromatic N) is 1. The van der Waals surface area contributed by atoms with Crippen molar-refractivity contribution in [2.75, 3.05) is 20.3 Å². The van der Waals surface area contributed by atoms with Gasteiger partial charge < -0.3 is 20.1 Å². The maximum atomic E-state index is 12.0. The van der Waals surface area contributed by atoms with Crippen LogP contribution in [0.3, 0.4) is 0 Å². The first-order valence-electron chi connectivity index (χ1n) is 5.40. The number of hydrogen-bond donors (Lipinski definition) is 3. The number of nitrogens with two attached hydrogens (primary N) is 1. The van der Waals surface area contributed by atoms with E-state index in [1.807, 2.05) is 0 Å². The van der Waals surface area contributed by atoms with Crippen LogP contribution in [-0.2, 0) is 21.8 Å². The van der Waals surface area contributed by atoms with E-state index in [1.54, 1.807) is 0 Å². The number of primary amides is 1. The van der Waals surface area contributed by atoms with Gasteiger partial charge in [0.25, 0.3) is 5.91 Å². The van der Waals surface area contributed by atoms with Gasteiger partial charge in [0.2, 0.25) is 10.0 Å². The van der Waals surface area contributed by atoms with Gasteiger partial charge in [0.05, 0.1) is 19.3 Å². The molecule has 4 N–H and O–H groups in total. The largest absolute Gasteiger partial charge is 0.395 e. The number of aliphatic hydroxyl groups is 1. The minimum atomic E-state index is -3.85. The lowest BCUT2D eigenvalue weighted by atomic mass is 10.4. The van der Waals surface area contributed by atoms with Crippen LogP contribution in [0.5, 0.6) is 0 Å². The number of aromatic nitrogens is 1. The molecule has 1 rings (SSSR count). The second kappa shape index (κ2) is 6.15. The lowest BCUT2D eigenvalue weighted by molar-refractivity contribution is 0.0992. The molecule has 1 aromatic heterocycles. The maximum Gasteiger partial charge on any atom is 0.265 e. The molecule has 0 aliphatic rings. The van der Waals surface area contributed by atoms with Crippen molar-refractivity contribution >= 4 is 15.9 Å². The zero-order valence-electron chi connectivity index (χ0n) is 10.7. The summed E-state index contributed by atoms with van der Waals surface area (Å²) in [5, 5.41) is 9.03. The van der Waals surface area contributed by atoms with E-state index in [1.165, 1.54) is 31.0 Å². The number of aliphatic hydroxyl groups excluding tert-OH is 1.